The van der Waals surface area contributed by atoms with E-state index in [2.05, 4.69) is 11.0 Å². The Hall–Kier alpha value is -1.42. The number of hydrogen-bond donors (Lipinski definition) is 1. The van der Waals surface area contributed by atoms with Crippen LogP contribution in [0.15, 0.2) is 18.2 Å². The van der Waals surface area contributed by atoms with Crippen LogP contribution in [0.3, 0.4) is 0 Å². The Bertz CT molecular complexity index is 433. The number of hydrogen-bond acceptors (Lipinski definition) is 4. The molecule has 98 valence electrons. The van der Waals surface area contributed by atoms with Crippen molar-refractivity contribution in [2.75, 3.05) is 44.0 Å². The van der Waals surface area contributed by atoms with Crippen LogP contribution in [0.5, 0.6) is 5.75 Å². The highest BCUT2D eigenvalue weighted by atomic mass is 16.5. The van der Waals surface area contributed by atoms with Crippen molar-refractivity contribution in [1.82, 2.24) is 0 Å². The van der Waals surface area contributed by atoms with Crippen LogP contribution in [0.25, 0.3) is 0 Å². The van der Waals surface area contributed by atoms with E-state index in [9.17, 15) is 0 Å². The van der Waals surface area contributed by atoms with E-state index in [4.69, 9.17) is 15.2 Å². The summed E-state index contributed by atoms with van der Waals surface area (Å²) in [5.41, 5.74) is 8.16. The highest BCUT2D eigenvalue weighted by molar-refractivity contribution is 5.64. The van der Waals surface area contributed by atoms with Crippen molar-refractivity contribution >= 4 is 11.4 Å². The fraction of sp³-hybridized carbons (Fsp3) is 0.571. The minimum atomic E-state index is 0.470. The first-order valence-electron chi connectivity index (χ1n) is 6.49. The molecule has 4 nitrogen and oxygen atoms in total. The third-order valence-electron chi connectivity index (χ3n) is 4.19. The van der Waals surface area contributed by atoms with Gasteiger partial charge in [0.15, 0.2) is 0 Å². The van der Waals surface area contributed by atoms with Crippen molar-refractivity contribution in [3.05, 3.63) is 18.2 Å². The Kier molecular flexibility index (Phi) is 2.82. The fourth-order valence-corrected chi connectivity index (χ4v) is 2.86. The highest BCUT2D eigenvalue weighted by Crippen LogP contribution is 2.41. The molecule has 0 unspecified atom stereocenters. The molecule has 4 heteroatoms. The van der Waals surface area contributed by atoms with Crippen LogP contribution in [-0.4, -0.2) is 33.4 Å². The third kappa shape index (κ3) is 1.90. The summed E-state index contributed by atoms with van der Waals surface area (Å²) in [6.45, 7) is 4.03. The molecule has 0 aliphatic carbocycles. The lowest BCUT2D eigenvalue weighted by Crippen LogP contribution is -2.51. The molecule has 0 atom stereocenters. The van der Waals surface area contributed by atoms with E-state index in [-0.39, 0.29) is 0 Å². The predicted molar refractivity (Wildman–Crippen MR) is 72.1 cm³/mol. The Morgan fingerprint density at radius 3 is 2.56 bits per heavy atom. The Morgan fingerprint density at radius 2 is 2.00 bits per heavy atom. The monoisotopic (exact) mass is 248 g/mol. The standard InChI is InChI=1S/C14H20N2O2/c1-17-13-8-11(15)2-3-12(13)16-6-4-14(5-7-16)9-18-10-14/h2-3,8H,4-7,9-10,15H2,1H3. The van der Waals surface area contributed by atoms with Gasteiger partial charge in [0, 0.05) is 30.3 Å². The van der Waals surface area contributed by atoms with Crippen molar-refractivity contribution in [2.45, 2.75) is 12.8 Å². The number of benzene rings is 1. The van der Waals surface area contributed by atoms with Gasteiger partial charge in [-0.2, -0.15) is 0 Å². The van der Waals surface area contributed by atoms with E-state index >= 15 is 0 Å². The van der Waals surface area contributed by atoms with Crippen molar-refractivity contribution in [3.63, 3.8) is 0 Å². The summed E-state index contributed by atoms with van der Waals surface area (Å²) in [4.78, 5) is 2.39. The lowest BCUT2D eigenvalue weighted by atomic mass is 9.77. The van der Waals surface area contributed by atoms with Gasteiger partial charge in [0.05, 0.1) is 26.0 Å². The number of ether oxygens (including phenoxy) is 2. The number of nitrogen functional groups attached to an aromatic ring is 1. The van der Waals surface area contributed by atoms with Crippen LogP contribution in [-0.2, 0) is 4.74 Å². The third-order valence-corrected chi connectivity index (χ3v) is 4.19. The molecule has 3 rings (SSSR count). The SMILES string of the molecule is COc1cc(N)ccc1N1CCC2(CC1)COC2. The van der Waals surface area contributed by atoms with Crippen LogP contribution in [0.4, 0.5) is 11.4 Å². The van der Waals surface area contributed by atoms with Crippen LogP contribution in [0, 0.1) is 5.41 Å². The van der Waals surface area contributed by atoms with Gasteiger partial charge in [-0.25, -0.2) is 0 Å². The van der Waals surface area contributed by atoms with E-state index < -0.39 is 0 Å². The largest absolute Gasteiger partial charge is 0.495 e. The summed E-state index contributed by atoms with van der Waals surface area (Å²) >= 11 is 0. The molecule has 2 N–H and O–H groups in total. The lowest BCUT2D eigenvalue weighted by Gasteiger charge is -2.48. The topological polar surface area (TPSA) is 47.7 Å². The second-order valence-electron chi connectivity index (χ2n) is 5.41. The molecular weight excluding hydrogens is 228 g/mol. The minimum Gasteiger partial charge on any atom is -0.495 e. The highest BCUT2D eigenvalue weighted by Gasteiger charge is 2.41. The number of methoxy groups -OCH3 is 1. The summed E-state index contributed by atoms with van der Waals surface area (Å²) in [7, 11) is 1.70. The van der Waals surface area contributed by atoms with Crippen LogP contribution in [0.1, 0.15) is 12.8 Å². The maximum Gasteiger partial charge on any atom is 0.144 e. The van der Waals surface area contributed by atoms with Crippen molar-refractivity contribution in [3.8, 4) is 5.75 Å². The molecule has 0 amide bonds. The molecule has 2 saturated heterocycles. The number of anilines is 2. The first-order chi connectivity index (χ1) is 8.72. The normalized spacial score (nSPS) is 21.7. The zero-order chi connectivity index (χ0) is 12.6. The molecule has 2 heterocycles. The summed E-state index contributed by atoms with van der Waals surface area (Å²) < 4.78 is 10.8. The molecular formula is C14H20N2O2. The number of piperidine rings is 1. The summed E-state index contributed by atoms with van der Waals surface area (Å²) in [5.74, 6) is 0.871. The molecule has 2 fully saturated rings. The number of nitrogens with zero attached hydrogens (tertiary/aromatic N) is 1. The summed E-state index contributed by atoms with van der Waals surface area (Å²) in [6, 6.07) is 5.89. The lowest BCUT2D eigenvalue weighted by molar-refractivity contribution is -0.124. The van der Waals surface area contributed by atoms with Gasteiger partial charge in [-0.05, 0) is 25.0 Å². The molecule has 0 aromatic heterocycles. The van der Waals surface area contributed by atoms with Crippen molar-refractivity contribution in [1.29, 1.82) is 0 Å². The maximum atomic E-state index is 5.79. The minimum absolute atomic E-state index is 0.470. The fourth-order valence-electron chi connectivity index (χ4n) is 2.86. The Balaban J connectivity index is 1.75. The van der Waals surface area contributed by atoms with Crippen LogP contribution < -0.4 is 15.4 Å². The second-order valence-corrected chi connectivity index (χ2v) is 5.41. The molecule has 0 radical (unpaired) electrons. The molecule has 1 spiro atoms. The summed E-state index contributed by atoms with van der Waals surface area (Å²) in [6.07, 6.45) is 2.42. The van der Waals surface area contributed by atoms with Crippen molar-refractivity contribution in [2.24, 2.45) is 5.41 Å². The molecule has 2 aliphatic heterocycles. The van der Waals surface area contributed by atoms with Gasteiger partial charge in [0.2, 0.25) is 0 Å². The van der Waals surface area contributed by atoms with E-state index in [1.807, 2.05) is 12.1 Å². The molecule has 0 bridgehead atoms. The predicted octanol–water partition coefficient (Wildman–Crippen LogP) is 1.89. The quantitative estimate of drug-likeness (QED) is 0.812. The Morgan fingerprint density at radius 1 is 1.28 bits per heavy atom. The van der Waals surface area contributed by atoms with Gasteiger partial charge in [-0.15, -0.1) is 0 Å². The number of rotatable bonds is 2. The zero-order valence-electron chi connectivity index (χ0n) is 10.8. The average Bonchev–Trinajstić information content (AvgIpc) is 2.37. The van der Waals surface area contributed by atoms with E-state index in [0.717, 1.165) is 43.4 Å². The second kappa shape index (κ2) is 4.35. The van der Waals surface area contributed by atoms with Gasteiger partial charge in [0.25, 0.3) is 0 Å². The van der Waals surface area contributed by atoms with Crippen molar-refractivity contribution < 1.29 is 9.47 Å². The zero-order valence-corrected chi connectivity index (χ0v) is 10.8. The van der Waals surface area contributed by atoms with Gasteiger partial charge in [-0.1, -0.05) is 0 Å². The Labute approximate surface area is 108 Å². The summed E-state index contributed by atoms with van der Waals surface area (Å²) in [5, 5.41) is 0. The van der Waals surface area contributed by atoms with Gasteiger partial charge in [-0.3, -0.25) is 0 Å². The van der Waals surface area contributed by atoms with Gasteiger partial charge < -0.3 is 20.1 Å². The molecule has 1 aromatic carbocycles. The smallest absolute Gasteiger partial charge is 0.144 e. The molecule has 18 heavy (non-hydrogen) atoms. The van der Waals surface area contributed by atoms with E-state index in [1.54, 1.807) is 7.11 Å². The number of nitrogens with two attached hydrogens (primary N) is 1. The first kappa shape index (κ1) is 11.7. The van der Waals surface area contributed by atoms with Gasteiger partial charge in [0.1, 0.15) is 5.75 Å². The van der Waals surface area contributed by atoms with Gasteiger partial charge >= 0.3 is 0 Å². The first-order valence-corrected chi connectivity index (χ1v) is 6.49. The molecule has 1 aromatic rings. The average molecular weight is 248 g/mol. The molecule has 0 saturated carbocycles. The molecule has 2 aliphatic rings. The van der Waals surface area contributed by atoms with Crippen LogP contribution >= 0.6 is 0 Å². The maximum absolute atomic E-state index is 5.79. The van der Waals surface area contributed by atoms with Crippen LogP contribution in [0.2, 0.25) is 0 Å². The van der Waals surface area contributed by atoms with E-state index in [0.29, 0.717) is 5.41 Å². The van der Waals surface area contributed by atoms with E-state index in [1.165, 1.54) is 12.8 Å².